The van der Waals surface area contributed by atoms with Crippen molar-refractivity contribution in [2.45, 2.75) is 16.4 Å². The van der Waals surface area contributed by atoms with Crippen LogP contribution in [0.5, 0.6) is 0 Å². The summed E-state index contributed by atoms with van der Waals surface area (Å²) in [4.78, 5) is 19.2. The zero-order valence-corrected chi connectivity index (χ0v) is 34.4. The topological polar surface area (TPSA) is 57.6 Å². The number of hydrogen-bond donors (Lipinski definition) is 0. The lowest BCUT2D eigenvalue weighted by molar-refractivity contribution is -0.533. The van der Waals surface area contributed by atoms with Gasteiger partial charge in [-0.25, -0.2) is 0 Å². The van der Waals surface area contributed by atoms with Crippen LogP contribution in [0.15, 0.2) is 214 Å². The van der Waals surface area contributed by atoms with Gasteiger partial charge >= 0.3 is 6.01 Å². The second-order valence-electron chi connectivity index (χ2n) is 16.9. The van der Waals surface area contributed by atoms with Crippen molar-refractivity contribution in [3.8, 4) is 33.4 Å². The van der Waals surface area contributed by atoms with Gasteiger partial charge in [0.05, 0.1) is 16.5 Å². The summed E-state index contributed by atoms with van der Waals surface area (Å²) >= 11 is 0. The molecule has 13 rings (SSSR count). The highest BCUT2D eigenvalue weighted by molar-refractivity contribution is 5.88. The number of aromatic nitrogens is 4. The van der Waals surface area contributed by atoms with Gasteiger partial charge in [-0.1, -0.05) is 130 Å². The predicted molar refractivity (Wildman–Crippen MR) is 245 cm³/mol. The van der Waals surface area contributed by atoms with Crippen molar-refractivity contribution in [2.24, 2.45) is 0 Å². The van der Waals surface area contributed by atoms with Gasteiger partial charge in [-0.3, -0.25) is 19.9 Å². The molecule has 5 heterocycles. The molecule has 0 saturated heterocycles. The Labute approximate surface area is 365 Å². The normalized spacial score (nSPS) is 20.5. The second-order valence-corrected chi connectivity index (χ2v) is 16.9. The third kappa shape index (κ3) is 4.52. The summed E-state index contributed by atoms with van der Waals surface area (Å²) in [5.41, 5.74) is 17.5. The van der Waals surface area contributed by atoms with Gasteiger partial charge in [0.15, 0.2) is 7.05 Å². The molecule has 4 aliphatic rings. The highest BCUT2D eigenvalue weighted by Gasteiger charge is 2.57. The first-order valence-electron chi connectivity index (χ1n) is 21.4. The molecule has 3 unspecified atom stereocenters. The van der Waals surface area contributed by atoms with Crippen molar-refractivity contribution < 1.29 is 9.15 Å². The standard InChI is InChI=1S/C57H38N6/c1-62-30-31-63(37-62)57(52-21-7-4-18-44(52)47-36-60-29-25-53(47)57)41-15-11-13-39(33-41)55(48-19-5-2-16-42(48)45-34-58-27-23-50(45)55)38-12-10-14-40(32-38)56(54-22-8-9-26-61-54)49-20-6-3-17-43(49)46-35-59-28-24-51(46)56/h2-36H,1H3/q+2. The highest BCUT2D eigenvalue weighted by atomic mass is 15.2. The van der Waals surface area contributed by atoms with Crippen LogP contribution in [0.4, 0.5) is 0 Å². The van der Waals surface area contributed by atoms with Crippen LogP contribution in [-0.2, 0) is 16.4 Å². The third-order valence-electron chi connectivity index (χ3n) is 14.1. The van der Waals surface area contributed by atoms with E-state index in [1.54, 1.807) is 0 Å². The van der Waals surface area contributed by atoms with E-state index in [2.05, 4.69) is 185 Å². The van der Waals surface area contributed by atoms with Crippen LogP contribution in [0, 0.1) is 0 Å². The molecule has 6 nitrogen and oxygen atoms in total. The lowest BCUT2D eigenvalue weighted by atomic mass is 9.64. The van der Waals surface area contributed by atoms with E-state index in [-0.39, 0.29) is 0 Å². The summed E-state index contributed by atoms with van der Waals surface area (Å²) in [5, 5.41) is 0. The van der Waals surface area contributed by atoms with Gasteiger partial charge in [-0.15, -0.1) is 0 Å². The van der Waals surface area contributed by atoms with Gasteiger partial charge < -0.3 is 0 Å². The lowest BCUT2D eigenvalue weighted by Crippen LogP contribution is -2.38. The van der Waals surface area contributed by atoms with Gasteiger partial charge in [0.1, 0.15) is 0 Å². The maximum absolute atomic E-state index is 5.17. The number of pyridine rings is 4. The third-order valence-corrected chi connectivity index (χ3v) is 14.1. The van der Waals surface area contributed by atoms with Crippen molar-refractivity contribution in [3.05, 3.63) is 275 Å². The molecule has 0 fully saturated rings. The number of rotatable bonds is 6. The van der Waals surface area contributed by atoms with E-state index in [0.29, 0.717) is 0 Å². The zero-order valence-electron chi connectivity index (χ0n) is 34.4. The molecule has 0 N–H and O–H groups in total. The van der Waals surface area contributed by atoms with Gasteiger partial charge in [-0.05, 0) is 92.0 Å². The first-order valence-corrected chi connectivity index (χ1v) is 21.4. The fourth-order valence-electron chi connectivity index (χ4n) is 11.7. The van der Waals surface area contributed by atoms with Crippen LogP contribution < -0.4 is 0 Å². The minimum atomic E-state index is -0.739. The lowest BCUT2D eigenvalue weighted by Gasteiger charge is -2.37. The van der Waals surface area contributed by atoms with Crippen molar-refractivity contribution in [1.82, 2.24) is 19.9 Å². The number of hydrogen-bond acceptors (Lipinski definition) is 4. The molecule has 63 heavy (non-hydrogen) atoms. The van der Waals surface area contributed by atoms with E-state index in [9.17, 15) is 0 Å². The van der Waals surface area contributed by atoms with Crippen LogP contribution in [0.1, 0.15) is 61.3 Å². The van der Waals surface area contributed by atoms with Crippen LogP contribution in [0.3, 0.4) is 0 Å². The molecule has 0 radical (unpaired) electrons. The summed E-state index contributed by atoms with van der Waals surface area (Å²) in [7, 11) is 2.03. The largest absolute Gasteiger partial charge is 0.490 e. The Morgan fingerprint density at radius 3 is 1.46 bits per heavy atom. The molecule has 5 aromatic carbocycles. The highest BCUT2D eigenvalue weighted by Crippen LogP contribution is 2.60. The maximum Gasteiger partial charge on any atom is 0.490 e. The first-order chi connectivity index (χ1) is 31.2. The zero-order chi connectivity index (χ0) is 41.8. The molecule has 0 saturated carbocycles. The molecule has 294 valence electrons. The quantitative estimate of drug-likeness (QED) is 0.157. The van der Waals surface area contributed by atoms with Crippen LogP contribution >= 0.6 is 0 Å². The minimum Gasteiger partial charge on any atom is -0.264 e. The maximum atomic E-state index is 5.17. The Morgan fingerprint density at radius 1 is 0.397 bits per heavy atom. The van der Waals surface area contributed by atoms with E-state index in [1.165, 1.54) is 50.1 Å². The number of fused-ring (bicyclic) bond motifs is 9. The van der Waals surface area contributed by atoms with E-state index in [1.807, 2.05) is 61.1 Å². The summed E-state index contributed by atoms with van der Waals surface area (Å²) < 4.78 is 4.26. The summed E-state index contributed by atoms with van der Waals surface area (Å²) in [6.07, 6.45) is 18.0. The summed E-state index contributed by atoms with van der Waals surface area (Å²) in [5.74, 6) is 0. The smallest absolute Gasteiger partial charge is 0.264 e. The number of benzene rings is 5. The van der Waals surface area contributed by atoms with Crippen LogP contribution in [-0.4, -0.2) is 42.1 Å². The molecule has 0 amide bonds. The minimum absolute atomic E-state index is 0.705. The van der Waals surface area contributed by atoms with Crippen LogP contribution in [0.2, 0.25) is 0 Å². The molecule has 0 bridgehead atoms. The molecule has 1 aliphatic heterocycles. The fraction of sp³-hybridized carbons (Fsp3) is 0.0702. The van der Waals surface area contributed by atoms with Crippen molar-refractivity contribution in [1.29, 1.82) is 0 Å². The average molecular weight is 807 g/mol. The van der Waals surface area contributed by atoms with Crippen molar-refractivity contribution in [3.63, 3.8) is 0 Å². The monoisotopic (exact) mass is 806 g/mol. The molecule has 0 spiro atoms. The fourth-order valence-corrected chi connectivity index (χ4v) is 11.7. The van der Waals surface area contributed by atoms with Gasteiger partial charge in [0.2, 0.25) is 12.4 Å². The molecule has 3 atom stereocenters. The van der Waals surface area contributed by atoms with Crippen LogP contribution in [0.25, 0.3) is 33.4 Å². The predicted octanol–water partition coefficient (Wildman–Crippen LogP) is 10.6. The van der Waals surface area contributed by atoms with E-state index in [0.717, 1.165) is 44.6 Å². The average Bonchev–Trinajstić information content (AvgIpc) is 4.09. The Balaban J connectivity index is 1.14. The van der Waals surface area contributed by atoms with Crippen molar-refractivity contribution in [2.75, 3.05) is 7.05 Å². The SMILES string of the molecule is C[N+]1=C=[N+](C2(c3cccc(C4(c5cccc(C6(c7ccccn7)c7ccccc7-c7cnccc76)c5)c5ccccc5-c5cnccc54)c3)c3ccccc3-c3cnccc32)C=C1. The Hall–Kier alpha value is -8.18. The first kappa shape index (κ1) is 35.6. The summed E-state index contributed by atoms with van der Waals surface area (Å²) in [6.45, 7) is 0. The Bertz CT molecular complexity index is 3350. The van der Waals surface area contributed by atoms with E-state index < -0.39 is 16.4 Å². The number of nitrogens with zero attached hydrogens (tertiary/aromatic N) is 6. The molecular weight excluding hydrogens is 769 g/mol. The van der Waals surface area contributed by atoms with E-state index in [4.69, 9.17) is 9.97 Å². The molecular formula is C57H38N6+2. The van der Waals surface area contributed by atoms with Gasteiger partial charge in [0.25, 0.3) is 5.54 Å². The Kier molecular flexibility index (Phi) is 7.43. The molecule has 6 heteroatoms. The Morgan fingerprint density at radius 2 is 0.857 bits per heavy atom. The molecule has 9 aromatic rings. The molecule has 3 aliphatic carbocycles. The second kappa shape index (κ2) is 13.2. The van der Waals surface area contributed by atoms with Gasteiger partial charge in [0, 0.05) is 76.8 Å². The summed E-state index contributed by atoms with van der Waals surface area (Å²) in [6, 6.07) is 61.6. The van der Waals surface area contributed by atoms with E-state index >= 15 is 0 Å². The van der Waals surface area contributed by atoms with Gasteiger partial charge in [-0.2, -0.15) is 0 Å². The van der Waals surface area contributed by atoms with Crippen molar-refractivity contribution >= 4 is 6.01 Å². The molecule has 4 aromatic heterocycles.